The molecule has 0 aliphatic carbocycles. The van der Waals surface area contributed by atoms with Crippen LogP contribution in [0, 0.1) is 0 Å². The van der Waals surface area contributed by atoms with Crippen LogP contribution >= 0.6 is 23.2 Å². The van der Waals surface area contributed by atoms with Crippen LogP contribution in [0.15, 0.2) is 72.9 Å². The van der Waals surface area contributed by atoms with Gasteiger partial charge in [-0.1, -0.05) is 93.4 Å². The molecule has 0 saturated heterocycles. The third kappa shape index (κ3) is 7.26. The number of hydrogen-bond donors (Lipinski definition) is 1. The molecule has 1 heterocycles. The summed E-state index contributed by atoms with van der Waals surface area (Å²) in [7, 11) is 0. The Morgan fingerprint density at radius 3 is 2.30 bits per heavy atom. The molecule has 3 aromatic carbocycles. The predicted octanol–water partition coefficient (Wildman–Crippen LogP) is 7.90. The predicted molar refractivity (Wildman–Crippen MR) is 165 cm³/mol. The van der Waals surface area contributed by atoms with Crippen molar-refractivity contribution in [1.29, 1.82) is 0 Å². The number of amides is 2. The van der Waals surface area contributed by atoms with Crippen molar-refractivity contribution >= 4 is 45.9 Å². The first kappa shape index (κ1) is 29.7. The standard InChI is InChI=1S/C33H37Cl2N3O2/c1-5-17-38(32(40)28-15-14-26(34)19-29(28)35)22-31(39)37(21-23-10-12-25(13-11-23)33(2,3)4)18-16-24-20-36-30-9-7-6-8-27(24)30/h6-15,19-20,36H,5,16-18,21-22H2,1-4H3. The second-order valence-electron chi connectivity index (χ2n) is 11.2. The van der Waals surface area contributed by atoms with Crippen LogP contribution < -0.4 is 0 Å². The highest BCUT2D eigenvalue weighted by molar-refractivity contribution is 6.36. The number of carbonyl (C=O) groups is 2. The van der Waals surface area contributed by atoms with E-state index in [0.717, 1.165) is 22.0 Å². The van der Waals surface area contributed by atoms with Gasteiger partial charge in [0.15, 0.2) is 0 Å². The quantitative estimate of drug-likeness (QED) is 0.208. The van der Waals surface area contributed by atoms with Crippen molar-refractivity contribution < 1.29 is 9.59 Å². The van der Waals surface area contributed by atoms with E-state index >= 15 is 0 Å². The van der Waals surface area contributed by atoms with E-state index in [4.69, 9.17) is 23.2 Å². The minimum atomic E-state index is -0.275. The number of rotatable bonds is 10. The molecule has 5 nitrogen and oxygen atoms in total. The monoisotopic (exact) mass is 577 g/mol. The molecule has 4 rings (SSSR count). The lowest BCUT2D eigenvalue weighted by molar-refractivity contribution is -0.132. The summed E-state index contributed by atoms with van der Waals surface area (Å²) in [5, 5.41) is 1.89. The van der Waals surface area contributed by atoms with Gasteiger partial charge in [0.25, 0.3) is 5.91 Å². The fourth-order valence-electron chi connectivity index (χ4n) is 4.84. The fraction of sp³-hybridized carbons (Fsp3) is 0.333. The molecule has 40 heavy (non-hydrogen) atoms. The van der Waals surface area contributed by atoms with Gasteiger partial charge in [-0.15, -0.1) is 0 Å². The van der Waals surface area contributed by atoms with Crippen molar-refractivity contribution in [2.24, 2.45) is 0 Å². The number of halogens is 2. The van der Waals surface area contributed by atoms with E-state index in [2.05, 4.69) is 62.2 Å². The molecular formula is C33H37Cl2N3O2. The molecule has 4 aromatic rings. The van der Waals surface area contributed by atoms with E-state index < -0.39 is 0 Å². The van der Waals surface area contributed by atoms with Crippen LogP contribution in [-0.4, -0.2) is 46.2 Å². The highest BCUT2D eigenvalue weighted by Gasteiger charge is 2.24. The summed E-state index contributed by atoms with van der Waals surface area (Å²) in [6.07, 6.45) is 3.43. The van der Waals surface area contributed by atoms with Crippen molar-refractivity contribution in [1.82, 2.24) is 14.8 Å². The lowest BCUT2D eigenvalue weighted by atomic mass is 9.87. The maximum atomic E-state index is 13.8. The van der Waals surface area contributed by atoms with Gasteiger partial charge in [-0.25, -0.2) is 0 Å². The average Bonchev–Trinajstić information content (AvgIpc) is 3.33. The minimum Gasteiger partial charge on any atom is -0.361 e. The van der Waals surface area contributed by atoms with Crippen molar-refractivity contribution in [3.8, 4) is 0 Å². The average molecular weight is 579 g/mol. The van der Waals surface area contributed by atoms with Gasteiger partial charge in [-0.2, -0.15) is 0 Å². The molecule has 1 aromatic heterocycles. The maximum absolute atomic E-state index is 13.8. The highest BCUT2D eigenvalue weighted by atomic mass is 35.5. The van der Waals surface area contributed by atoms with Gasteiger partial charge in [0.05, 0.1) is 10.6 Å². The van der Waals surface area contributed by atoms with Crippen LogP contribution in [0.2, 0.25) is 10.0 Å². The summed E-state index contributed by atoms with van der Waals surface area (Å²) >= 11 is 12.4. The number of aromatic amines is 1. The molecular weight excluding hydrogens is 541 g/mol. The zero-order chi connectivity index (χ0) is 28.9. The molecule has 0 aliphatic heterocycles. The van der Waals surface area contributed by atoms with Crippen LogP contribution in [0.5, 0.6) is 0 Å². The van der Waals surface area contributed by atoms with Gasteiger partial charge in [0, 0.05) is 41.8 Å². The fourth-order valence-corrected chi connectivity index (χ4v) is 5.32. The molecule has 0 fully saturated rings. The molecule has 2 amide bonds. The Morgan fingerprint density at radius 2 is 1.62 bits per heavy atom. The first-order valence-corrected chi connectivity index (χ1v) is 14.5. The van der Waals surface area contributed by atoms with E-state index in [-0.39, 0.29) is 28.8 Å². The molecule has 0 aliphatic rings. The number of hydrogen-bond acceptors (Lipinski definition) is 2. The Morgan fingerprint density at radius 1 is 0.900 bits per heavy atom. The number of aromatic nitrogens is 1. The first-order valence-electron chi connectivity index (χ1n) is 13.7. The third-order valence-electron chi connectivity index (χ3n) is 7.14. The minimum absolute atomic E-state index is 0.0282. The molecule has 0 atom stereocenters. The lowest BCUT2D eigenvalue weighted by Crippen LogP contribution is -2.43. The largest absolute Gasteiger partial charge is 0.361 e. The molecule has 0 bridgehead atoms. The smallest absolute Gasteiger partial charge is 0.255 e. The zero-order valence-electron chi connectivity index (χ0n) is 23.6. The molecule has 0 unspecified atom stereocenters. The molecule has 210 valence electrons. The van der Waals surface area contributed by atoms with Crippen LogP contribution in [0.1, 0.15) is 61.2 Å². The maximum Gasteiger partial charge on any atom is 0.255 e. The van der Waals surface area contributed by atoms with Crippen molar-refractivity contribution in [3.05, 3.63) is 105 Å². The van der Waals surface area contributed by atoms with E-state index in [9.17, 15) is 9.59 Å². The summed E-state index contributed by atoms with van der Waals surface area (Å²) in [6, 6.07) is 21.4. The number of nitrogens with zero attached hydrogens (tertiary/aromatic N) is 2. The van der Waals surface area contributed by atoms with Crippen LogP contribution in [0.3, 0.4) is 0 Å². The van der Waals surface area contributed by atoms with Crippen molar-refractivity contribution in [2.75, 3.05) is 19.6 Å². The number of benzene rings is 3. The molecule has 0 spiro atoms. The summed E-state index contributed by atoms with van der Waals surface area (Å²) in [5.74, 6) is -0.380. The van der Waals surface area contributed by atoms with Crippen LogP contribution in [0.4, 0.5) is 0 Å². The van der Waals surface area contributed by atoms with Gasteiger partial charge in [-0.05, 0) is 59.2 Å². The highest BCUT2D eigenvalue weighted by Crippen LogP contribution is 2.25. The van der Waals surface area contributed by atoms with Gasteiger partial charge in [0.1, 0.15) is 6.54 Å². The Labute approximate surface area is 247 Å². The second-order valence-corrected chi connectivity index (χ2v) is 12.1. The summed E-state index contributed by atoms with van der Waals surface area (Å²) in [5.41, 5.74) is 4.92. The zero-order valence-corrected chi connectivity index (χ0v) is 25.1. The Balaban J connectivity index is 1.57. The van der Waals surface area contributed by atoms with Crippen molar-refractivity contribution in [2.45, 2.75) is 52.5 Å². The lowest BCUT2D eigenvalue weighted by Gasteiger charge is -2.28. The number of fused-ring (bicyclic) bond motifs is 1. The summed E-state index contributed by atoms with van der Waals surface area (Å²) < 4.78 is 0. The Kier molecular flexibility index (Phi) is 9.60. The topological polar surface area (TPSA) is 56.4 Å². The Bertz CT molecular complexity index is 1470. The van der Waals surface area contributed by atoms with Gasteiger partial charge >= 0.3 is 0 Å². The number of nitrogens with one attached hydrogen (secondary N) is 1. The number of para-hydroxylation sites is 1. The number of carbonyl (C=O) groups excluding carboxylic acids is 2. The summed E-state index contributed by atoms with van der Waals surface area (Å²) in [6.45, 7) is 9.94. The van der Waals surface area contributed by atoms with Crippen LogP contribution in [-0.2, 0) is 23.2 Å². The first-order chi connectivity index (χ1) is 19.1. The third-order valence-corrected chi connectivity index (χ3v) is 7.69. The van der Waals surface area contributed by atoms with E-state index in [1.807, 2.05) is 30.2 Å². The van der Waals surface area contributed by atoms with Crippen molar-refractivity contribution in [3.63, 3.8) is 0 Å². The van der Waals surface area contributed by atoms with Crippen LogP contribution in [0.25, 0.3) is 10.9 Å². The normalized spacial score (nSPS) is 11.6. The molecule has 0 radical (unpaired) electrons. The Hall–Kier alpha value is -3.28. The number of H-pyrrole nitrogens is 1. The molecule has 7 heteroatoms. The second kappa shape index (κ2) is 12.9. The SMILES string of the molecule is CCCN(CC(=O)N(CCc1c[nH]c2ccccc12)Cc1ccc(C(C)(C)C)cc1)C(=O)c1ccc(Cl)cc1Cl. The summed E-state index contributed by atoms with van der Waals surface area (Å²) in [4.78, 5) is 34.0. The van der Waals surface area contributed by atoms with E-state index in [1.54, 1.807) is 23.1 Å². The molecule has 0 saturated carbocycles. The molecule has 1 N–H and O–H groups in total. The van der Waals surface area contributed by atoms with E-state index in [1.165, 1.54) is 5.56 Å². The van der Waals surface area contributed by atoms with Gasteiger partial charge in [0.2, 0.25) is 5.91 Å². The van der Waals surface area contributed by atoms with Gasteiger partial charge < -0.3 is 14.8 Å². The van der Waals surface area contributed by atoms with E-state index in [0.29, 0.717) is 43.1 Å². The van der Waals surface area contributed by atoms with Gasteiger partial charge in [-0.3, -0.25) is 9.59 Å².